The second-order valence-corrected chi connectivity index (χ2v) is 5.60. The summed E-state index contributed by atoms with van der Waals surface area (Å²) in [6.07, 6.45) is 2.30. The van der Waals surface area contributed by atoms with Gasteiger partial charge in [-0.25, -0.2) is 0 Å². The van der Waals surface area contributed by atoms with Gasteiger partial charge in [0.2, 0.25) is 0 Å². The number of hydrogen-bond acceptors (Lipinski definition) is 3. The molecule has 0 heterocycles. The van der Waals surface area contributed by atoms with E-state index < -0.39 is 0 Å². The first-order valence-electron chi connectivity index (χ1n) is 7.60. The van der Waals surface area contributed by atoms with Crippen LogP contribution in [0, 0.1) is 5.92 Å². The van der Waals surface area contributed by atoms with E-state index in [1.165, 1.54) is 0 Å². The zero-order valence-electron chi connectivity index (χ0n) is 12.8. The molecule has 0 aromatic heterocycles. The Morgan fingerprint density at radius 2 is 1.83 bits per heavy atom. The van der Waals surface area contributed by atoms with Gasteiger partial charge in [0, 0.05) is 18.2 Å². The lowest BCUT2D eigenvalue weighted by molar-refractivity contribution is 0.0933. The number of para-hydroxylation sites is 1. The third-order valence-electron chi connectivity index (χ3n) is 3.84. The molecule has 4 nitrogen and oxygen atoms in total. The van der Waals surface area contributed by atoms with Crippen LogP contribution >= 0.6 is 12.4 Å². The normalized spacial score (nSPS) is 14.5. The molecule has 2 aromatic carbocycles. The maximum absolute atomic E-state index is 12.3. The molecule has 122 valence electrons. The molecule has 0 aliphatic heterocycles. The zero-order valence-corrected chi connectivity index (χ0v) is 13.6. The van der Waals surface area contributed by atoms with Crippen molar-refractivity contribution in [3.63, 3.8) is 0 Å². The molecule has 0 bridgehead atoms. The molecule has 0 saturated heterocycles. The molecule has 1 unspecified atom stereocenters. The topological polar surface area (TPSA) is 64.3 Å². The van der Waals surface area contributed by atoms with Gasteiger partial charge in [-0.1, -0.05) is 24.3 Å². The first kappa shape index (κ1) is 17.3. The molecular weight excluding hydrogens is 312 g/mol. The minimum Gasteiger partial charge on any atom is -0.457 e. The highest BCUT2D eigenvalue weighted by atomic mass is 35.5. The lowest BCUT2D eigenvalue weighted by atomic mass is 10.1. The smallest absolute Gasteiger partial charge is 0.251 e. The second-order valence-electron chi connectivity index (χ2n) is 5.60. The number of halogens is 1. The predicted octanol–water partition coefficient (Wildman–Crippen LogP) is 3.37. The lowest BCUT2D eigenvalue weighted by Crippen LogP contribution is -2.41. The van der Waals surface area contributed by atoms with Gasteiger partial charge in [-0.2, -0.15) is 0 Å². The number of carbonyl (C=O) groups excluding carboxylic acids is 1. The Bertz CT molecular complexity index is 644. The van der Waals surface area contributed by atoms with Crippen molar-refractivity contribution in [3.05, 3.63) is 60.2 Å². The van der Waals surface area contributed by atoms with Crippen molar-refractivity contribution in [1.29, 1.82) is 0 Å². The van der Waals surface area contributed by atoms with E-state index in [0.29, 0.717) is 23.8 Å². The van der Waals surface area contributed by atoms with E-state index in [2.05, 4.69) is 5.32 Å². The maximum Gasteiger partial charge on any atom is 0.251 e. The van der Waals surface area contributed by atoms with Gasteiger partial charge in [0.1, 0.15) is 11.5 Å². The average Bonchev–Trinajstić information content (AvgIpc) is 3.38. The van der Waals surface area contributed by atoms with E-state index in [1.54, 1.807) is 12.1 Å². The summed E-state index contributed by atoms with van der Waals surface area (Å²) in [4.78, 5) is 12.3. The fraction of sp³-hybridized carbons (Fsp3) is 0.278. The van der Waals surface area contributed by atoms with Crippen LogP contribution in [0.1, 0.15) is 23.2 Å². The summed E-state index contributed by atoms with van der Waals surface area (Å²) < 4.78 is 5.76. The Kier molecular flexibility index (Phi) is 6.02. The van der Waals surface area contributed by atoms with Crippen LogP contribution in [0.15, 0.2) is 54.6 Å². The van der Waals surface area contributed by atoms with Gasteiger partial charge in [-0.15, -0.1) is 12.4 Å². The van der Waals surface area contributed by atoms with Crippen molar-refractivity contribution in [3.8, 4) is 11.5 Å². The first-order valence-corrected chi connectivity index (χ1v) is 7.60. The van der Waals surface area contributed by atoms with Gasteiger partial charge in [0.05, 0.1) is 0 Å². The number of hydrogen-bond donors (Lipinski definition) is 2. The number of rotatable bonds is 6. The van der Waals surface area contributed by atoms with E-state index in [1.807, 2.05) is 42.5 Å². The number of nitrogens with two attached hydrogens (primary N) is 1. The third-order valence-corrected chi connectivity index (χ3v) is 3.84. The number of ether oxygens (including phenoxy) is 1. The number of nitrogens with one attached hydrogen (secondary N) is 1. The van der Waals surface area contributed by atoms with Crippen molar-refractivity contribution in [2.24, 2.45) is 11.7 Å². The summed E-state index contributed by atoms with van der Waals surface area (Å²) in [5.41, 5.74) is 6.32. The van der Waals surface area contributed by atoms with Crippen LogP contribution in [0.2, 0.25) is 0 Å². The van der Waals surface area contributed by atoms with Crippen molar-refractivity contribution >= 4 is 18.3 Å². The van der Waals surface area contributed by atoms with Gasteiger partial charge in [0.15, 0.2) is 0 Å². The Labute approximate surface area is 142 Å². The summed E-state index contributed by atoms with van der Waals surface area (Å²) in [6.45, 7) is 0.483. The van der Waals surface area contributed by atoms with Gasteiger partial charge in [0.25, 0.3) is 5.91 Å². The molecule has 1 saturated carbocycles. The first-order chi connectivity index (χ1) is 10.8. The summed E-state index contributed by atoms with van der Waals surface area (Å²) in [7, 11) is 0. The van der Waals surface area contributed by atoms with E-state index >= 15 is 0 Å². The molecule has 1 aliphatic carbocycles. The van der Waals surface area contributed by atoms with Gasteiger partial charge in [-0.3, -0.25) is 4.79 Å². The largest absolute Gasteiger partial charge is 0.457 e. The van der Waals surface area contributed by atoms with Crippen LogP contribution in [0.5, 0.6) is 11.5 Å². The van der Waals surface area contributed by atoms with Crippen LogP contribution in [-0.2, 0) is 0 Å². The minimum atomic E-state index is -0.0964. The standard InChI is InChI=1S/C18H20N2O2.ClH/c19-12-17(13-9-10-13)20-18(21)14-5-4-8-16(11-14)22-15-6-2-1-3-7-15;/h1-8,11,13,17H,9-10,12,19H2,(H,20,21);1H. The number of amides is 1. The molecule has 0 spiro atoms. The Hall–Kier alpha value is -2.04. The Balaban J connectivity index is 0.00000192. The Morgan fingerprint density at radius 1 is 1.13 bits per heavy atom. The van der Waals surface area contributed by atoms with Crippen LogP contribution in [0.25, 0.3) is 0 Å². The maximum atomic E-state index is 12.3. The molecule has 3 N–H and O–H groups in total. The molecule has 3 rings (SSSR count). The minimum absolute atomic E-state index is 0. The van der Waals surface area contributed by atoms with E-state index in [-0.39, 0.29) is 24.4 Å². The molecule has 1 amide bonds. The van der Waals surface area contributed by atoms with Crippen LogP contribution < -0.4 is 15.8 Å². The second kappa shape index (κ2) is 7.99. The fourth-order valence-electron chi connectivity index (χ4n) is 2.44. The van der Waals surface area contributed by atoms with E-state index in [0.717, 1.165) is 18.6 Å². The molecule has 23 heavy (non-hydrogen) atoms. The lowest BCUT2D eigenvalue weighted by Gasteiger charge is -2.16. The monoisotopic (exact) mass is 332 g/mol. The van der Waals surface area contributed by atoms with Gasteiger partial charge < -0.3 is 15.8 Å². The SMILES string of the molecule is Cl.NCC(NC(=O)c1cccc(Oc2ccccc2)c1)C1CC1. The molecule has 1 fully saturated rings. The van der Waals surface area contributed by atoms with Crippen LogP contribution in [-0.4, -0.2) is 18.5 Å². The molecular formula is C18H21ClN2O2. The average molecular weight is 333 g/mol. The van der Waals surface area contributed by atoms with Crippen molar-refractivity contribution in [2.75, 3.05) is 6.54 Å². The summed E-state index contributed by atoms with van der Waals surface area (Å²) in [5, 5.41) is 3.02. The summed E-state index contributed by atoms with van der Waals surface area (Å²) in [6, 6.07) is 16.8. The zero-order chi connectivity index (χ0) is 15.4. The van der Waals surface area contributed by atoms with Gasteiger partial charge >= 0.3 is 0 Å². The van der Waals surface area contributed by atoms with Crippen LogP contribution in [0.3, 0.4) is 0 Å². The molecule has 2 aromatic rings. The number of carbonyl (C=O) groups is 1. The predicted molar refractivity (Wildman–Crippen MR) is 93.2 cm³/mol. The quantitative estimate of drug-likeness (QED) is 0.852. The highest BCUT2D eigenvalue weighted by molar-refractivity contribution is 5.94. The van der Waals surface area contributed by atoms with Crippen molar-refractivity contribution in [1.82, 2.24) is 5.32 Å². The highest BCUT2D eigenvalue weighted by Gasteiger charge is 2.31. The molecule has 1 aliphatic rings. The van der Waals surface area contributed by atoms with E-state index in [4.69, 9.17) is 10.5 Å². The fourth-order valence-corrected chi connectivity index (χ4v) is 2.44. The van der Waals surface area contributed by atoms with E-state index in [9.17, 15) is 4.79 Å². The summed E-state index contributed by atoms with van der Waals surface area (Å²) in [5.74, 6) is 1.84. The molecule has 0 radical (unpaired) electrons. The van der Waals surface area contributed by atoms with Crippen molar-refractivity contribution in [2.45, 2.75) is 18.9 Å². The van der Waals surface area contributed by atoms with Crippen molar-refractivity contribution < 1.29 is 9.53 Å². The Morgan fingerprint density at radius 3 is 2.48 bits per heavy atom. The highest BCUT2D eigenvalue weighted by Crippen LogP contribution is 2.32. The molecule has 5 heteroatoms. The van der Waals surface area contributed by atoms with Gasteiger partial charge in [-0.05, 0) is 49.1 Å². The third kappa shape index (κ3) is 4.71. The molecule has 1 atom stereocenters. The van der Waals surface area contributed by atoms with Crippen LogP contribution in [0.4, 0.5) is 0 Å². The number of benzene rings is 2. The summed E-state index contributed by atoms with van der Waals surface area (Å²) >= 11 is 0.